The molecular formula is C9H7IO2. The van der Waals surface area contributed by atoms with Gasteiger partial charge in [-0.3, -0.25) is 9.59 Å². The topological polar surface area (TPSA) is 34.1 Å². The van der Waals surface area contributed by atoms with E-state index in [0.29, 0.717) is 11.1 Å². The van der Waals surface area contributed by atoms with E-state index in [2.05, 4.69) is 22.6 Å². The fourth-order valence-electron chi connectivity index (χ4n) is 0.886. The van der Waals surface area contributed by atoms with Crippen molar-refractivity contribution in [2.75, 3.05) is 0 Å². The molecule has 0 atom stereocenters. The summed E-state index contributed by atoms with van der Waals surface area (Å²) in [5, 5.41) is 0. The highest BCUT2D eigenvalue weighted by molar-refractivity contribution is 14.1. The van der Waals surface area contributed by atoms with Crippen molar-refractivity contribution in [3.8, 4) is 0 Å². The van der Waals surface area contributed by atoms with Crippen LogP contribution < -0.4 is 0 Å². The van der Waals surface area contributed by atoms with E-state index in [1.807, 2.05) is 0 Å². The highest BCUT2D eigenvalue weighted by Crippen LogP contribution is 2.13. The van der Waals surface area contributed by atoms with Crippen LogP contribution in [0.3, 0.4) is 0 Å². The lowest BCUT2D eigenvalue weighted by molar-refractivity contribution is 0.101. The number of rotatable bonds is 2. The minimum Gasteiger partial charge on any atom is -0.298 e. The van der Waals surface area contributed by atoms with E-state index in [1.165, 1.54) is 6.92 Å². The molecule has 1 aromatic rings. The molecule has 0 N–H and O–H groups in total. The van der Waals surface area contributed by atoms with Crippen molar-refractivity contribution in [2.45, 2.75) is 6.92 Å². The van der Waals surface area contributed by atoms with Crippen LogP contribution in [0.5, 0.6) is 0 Å². The first-order valence-corrected chi connectivity index (χ1v) is 4.48. The van der Waals surface area contributed by atoms with Gasteiger partial charge < -0.3 is 0 Å². The Morgan fingerprint density at radius 1 is 1.50 bits per heavy atom. The highest BCUT2D eigenvalue weighted by atomic mass is 127. The van der Waals surface area contributed by atoms with E-state index < -0.39 is 0 Å². The summed E-state index contributed by atoms with van der Waals surface area (Å²) in [6.07, 6.45) is 0.739. The average molecular weight is 274 g/mol. The maximum atomic E-state index is 11.0. The van der Waals surface area contributed by atoms with Crippen LogP contribution in [0, 0.1) is 3.57 Å². The van der Waals surface area contributed by atoms with Gasteiger partial charge in [-0.2, -0.15) is 0 Å². The van der Waals surface area contributed by atoms with Gasteiger partial charge in [-0.25, -0.2) is 0 Å². The number of hydrogen-bond acceptors (Lipinski definition) is 2. The van der Waals surface area contributed by atoms with Crippen molar-refractivity contribution in [1.82, 2.24) is 0 Å². The monoisotopic (exact) mass is 274 g/mol. The largest absolute Gasteiger partial charge is 0.298 e. The normalized spacial score (nSPS) is 9.50. The molecule has 62 valence electrons. The molecule has 1 rings (SSSR count). The van der Waals surface area contributed by atoms with Crippen LogP contribution in [0.1, 0.15) is 27.6 Å². The second-order valence-corrected chi connectivity index (χ2v) is 3.58. The Labute approximate surface area is 84.1 Å². The standard InChI is InChI=1S/C9H7IO2/c1-6(12)8-4-7(5-11)2-3-9(8)10/h2-5H,1H3. The SMILES string of the molecule is CC(=O)c1cc(C=O)ccc1I. The Bertz CT molecular complexity index is 331. The van der Waals surface area contributed by atoms with E-state index in [4.69, 9.17) is 0 Å². The predicted molar refractivity (Wildman–Crippen MR) is 54.6 cm³/mol. The third-order valence-electron chi connectivity index (χ3n) is 1.51. The van der Waals surface area contributed by atoms with Crippen LogP contribution in [0.25, 0.3) is 0 Å². The summed E-state index contributed by atoms with van der Waals surface area (Å²) in [4.78, 5) is 21.4. The molecule has 0 aliphatic carbocycles. The number of aldehydes is 1. The van der Waals surface area contributed by atoms with Crippen molar-refractivity contribution in [1.29, 1.82) is 0 Å². The summed E-state index contributed by atoms with van der Waals surface area (Å²) in [6.45, 7) is 1.49. The van der Waals surface area contributed by atoms with Crippen molar-refractivity contribution in [3.05, 3.63) is 32.9 Å². The van der Waals surface area contributed by atoms with Crippen molar-refractivity contribution in [3.63, 3.8) is 0 Å². The highest BCUT2D eigenvalue weighted by Gasteiger charge is 2.04. The van der Waals surface area contributed by atoms with Gasteiger partial charge in [0.2, 0.25) is 0 Å². The molecule has 0 saturated heterocycles. The van der Waals surface area contributed by atoms with Crippen LogP contribution in [0.4, 0.5) is 0 Å². The zero-order valence-electron chi connectivity index (χ0n) is 6.50. The molecule has 0 heterocycles. The van der Waals surface area contributed by atoms with Gasteiger partial charge in [0.25, 0.3) is 0 Å². The van der Waals surface area contributed by atoms with Gasteiger partial charge in [0.15, 0.2) is 5.78 Å². The van der Waals surface area contributed by atoms with Gasteiger partial charge in [0.05, 0.1) is 0 Å². The summed E-state index contributed by atoms with van der Waals surface area (Å²) in [5.74, 6) is -0.0110. The first-order chi connectivity index (χ1) is 5.65. The maximum absolute atomic E-state index is 11.0. The molecule has 12 heavy (non-hydrogen) atoms. The molecule has 0 aromatic heterocycles. The third kappa shape index (κ3) is 1.91. The first kappa shape index (κ1) is 9.38. The molecule has 0 spiro atoms. The Morgan fingerprint density at radius 2 is 2.17 bits per heavy atom. The first-order valence-electron chi connectivity index (χ1n) is 3.41. The molecule has 3 heteroatoms. The van der Waals surface area contributed by atoms with E-state index >= 15 is 0 Å². The van der Waals surface area contributed by atoms with Gasteiger partial charge in [0, 0.05) is 14.7 Å². The number of Topliss-reactive ketones (excluding diaryl/α,β-unsaturated/α-hetero) is 1. The molecule has 2 nitrogen and oxygen atoms in total. The Balaban J connectivity index is 3.25. The summed E-state index contributed by atoms with van der Waals surface area (Å²) in [5.41, 5.74) is 1.15. The molecule has 0 aliphatic rings. The van der Waals surface area contributed by atoms with Crippen molar-refractivity contribution >= 4 is 34.7 Å². The summed E-state index contributed by atoms with van der Waals surface area (Å²) >= 11 is 2.07. The van der Waals surface area contributed by atoms with E-state index in [-0.39, 0.29) is 5.78 Å². The molecule has 0 radical (unpaired) electrons. The lowest BCUT2D eigenvalue weighted by Gasteiger charge is -1.99. The van der Waals surface area contributed by atoms with Gasteiger partial charge in [-0.05, 0) is 41.6 Å². The lowest BCUT2D eigenvalue weighted by atomic mass is 10.1. The predicted octanol–water partition coefficient (Wildman–Crippen LogP) is 2.31. The van der Waals surface area contributed by atoms with E-state index in [9.17, 15) is 9.59 Å². The Morgan fingerprint density at radius 3 is 2.67 bits per heavy atom. The van der Waals surface area contributed by atoms with Crippen molar-refractivity contribution < 1.29 is 9.59 Å². The molecule has 0 bridgehead atoms. The molecule has 1 aromatic carbocycles. The molecule has 0 aliphatic heterocycles. The zero-order valence-corrected chi connectivity index (χ0v) is 8.66. The van der Waals surface area contributed by atoms with E-state index in [0.717, 1.165) is 9.86 Å². The molecular weight excluding hydrogens is 267 g/mol. The molecule has 0 fully saturated rings. The van der Waals surface area contributed by atoms with Gasteiger partial charge in [-0.15, -0.1) is 0 Å². The minimum atomic E-state index is -0.0110. The van der Waals surface area contributed by atoms with Gasteiger partial charge in [-0.1, -0.05) is 6.07 Å². The number of carbonyl (C=O) groups is 2. The van der Waals surface area contributed by atoms with Crippen LogP contribution in [-0.2, 0) is 0 Å². The quantitative estimate of drug-likeness (QED) is 0.471. The summed E-state index contributed by atoms with van der Waals surface area (Å²) in [6, 6.07) is 5.07. The second-order valence-electron chi connectivity index (χ2n) is 2.41. The van der Waals surface area contributed by atoms with Crippen LogP contribution in [0.15, 0.2) is 18.2 Å². The zero-order chi connectivity index (χ0) is 9.14. The Hall–Kier alpha value is -0.710. The average Bonchev–Trinajstić information content (AvgIpc) is 2.05. The smallest absolute Gasteiger partial charge is 0.160 e. The fourth-order valence-corrected chi connectivity index (χ4v) is 1.60. The van der Waals surface area contributed by atoms with E-state index in [1.54, 1.807) is 18.2 Å². The van der Waals surface area contributed by atoms with Crippen LogP contribution >= 0.6 is 22.6 Å². The number of halogens is 1. The number of carbonyl (C=O) groups excluding carboxylic acids is 2. The number of ketones is 1. The third-order valence-corrected chi connectivity index (χ3v) is 2.45. The van der Waals surface area contributed by atoms with Gasteiger partial charge in [0.1, 0.15) is 6.29 Å². The Kier molecular flexibility index (Phi) is 2.97. The number of hydrogen-bond donors (Lipinski definition) is 0. The molecule has 0 unspecified atom stereocenters. The minimum absolute atomic E-state index is 0.0110. The lowest BCUT2D eigenvalue weighted by Crippen LogP contribution is -1.97. The van der Waals surface area contributed by atoms with Gasteiger partial charge >= 0.3 is 0 Å². The van der Waals surface area contributed by atoms with Crippen LogP contribution in [-0.4, -0.2) is 12.1 Å². The van der Waals surface area contributed by atoms with Crippen LogP contribution in [0.2, 0.25) is 0 Å². The number of benzene rings is 1. The molecule has 0 saturated carbocycles. The summed E-state index contributed by atoms with van der Waals surface area (Å²) in [7, 11) is 0. The second kappa shape index (κ2) is 3.80. The fraction of sp³-hybridized carbons (Fsp3) is 0.111. The van der Waals surface area contributed by atoms with Crippen molar-refractivity contribution in [2.24, 2.45) is 0 Å². The maximum Gasteiger partial charge on any atom is 0.160 e. The molecule has 0 amide bonds. The summed E-state index contributed by atoms with van der Waals surface area (Å²) < 4.78 is 0.880.